The molecule has 2 aromatic carbocycles. The number of hydrogen-bond donors (Lipinski definition) is 0. The van der Waals surface area contributed by atoms with Gasteiger partial charge in [0.25, 0.3) is 0 Å². The highest BCUT2D eigenvalue weighted by molar-refractivity contribution is 5.72. The Kier molecular flexibility index (Phi) is 5.13. The molecule has 3 unspecified atom stereocenters. The van der Waals surface area contributed by atoms with Crippen LogP contribution in [0.2, 0.25) is 0 Å². The third-order valence-corrected chi connectivity index (χ3v) is 4.15. The maximum absolute atomic E-state index is 14.7. The first kappa shape index (κ1) is 18.2. The van der Waals surface area contributed by atoms with Gasteiger partial charge in [0, 0.05) is 18.1 Å². The lowest BCUT2D eigenvalue weighted by Gasteiger charge is -2.35. The molecule has 1 heterocycles. The van der Waals surface area contributed by atoms with E-state index in [1.54, 1.807) is 24.3 Å². The van der Waals surface area contributed by atoms with Crippen molar-refractivity contribution in [3.63, 3.8) is 0 Å². The molecule has 0 spiro atoms. The minimum atomic E-state index is -2.42. The molecule has 0 aromatic heterocycles. The first-order chi connectivity index (χ1) is 12.4. The first-order valence-corrected chi connectivity index (χ1v) is 8.15. The van der Waals surface area contributed by atoms with E-state index in [-0.39, 0.29) is 16.2 Å². The summed E-state index contributed by atoms with van der Waals surface area (Å²) >= 11 is 0. The topological polar surface area (TPSA) is 29.5 Å². The molecule has 2 aromatic rings. The summed E-state index contributed by atoms with van der Waals surface area (Å²) in [4.78, 5) is 15.6. The highest BCUT2D eigenvalue weighted by Gasteiger charge is 2.45. The van der Waals surface area contributed by atoms with Crippen LogP contribution in [-0.2, 0) is 9.63 Å². The molecule has 3 nitrogen and oxygen atoms in total. The maximum Gasteiger partial charge on any atom is 0.322 e. The number of aryl methyl sites for hydroxylation is 1. The summed E-state index contributed by atoms with van der Waals surface area (Å²) in [5.41, 5.74) is 2.21. The van der Waals surface area contributed by atoms with Crippen LogP contribution in [0.25, 0.3) is 12.2 Å². The lowest BCUT2D eigenvalue weighted by atomic mass is 9.92. The van der Waals surface area contributed by atoms with E-state index in [2.05, 4.69) is 4.84 Å². The van der Waals surface area contributed by atoms with E-state index in [0.717, 1.165) is 18.1 Å². The summed E-state index contributed by atoms with van der Waals surface area (Å²) in [6.45, 7) is 2.95. The van der Waals surface area contributed by atoms with E-state index in [4.69, 9.17) is 0 Å². The Balaban J connectivity index is 1.99. The number of rotatable bonds is 3. The molecule has 0 N–H and O–H groups in total. The van der Waals surface area contributed by atoms with Crippen LogP contribution < -0.4 is 0 Å². The second kappa shape index (κ2) is 7.33. The van der Waals surface area contributed by atoms with E-state index in [9.17, 15) is 18.0 Å². The molecule has 136 valence electrons. The number of carbonyl (C=O) groups is 1. The van der Waals surface area contributed by atoms with Gasteiger partial charge in [0.1, 0.15) is 0 Å². The van der Waals surface area contributed by atoms with Gasteiger partial charge in [-0.3, -0.25) is 4.79 Å². The summed E-state index contributed by atoms with van der Waals surface area (Å²) in [6.07, 6.45) is -3.26. The van der Waals surface area contributed by atoms with Gasteiger partial charge in [-0.15, -0.1) is 0 Å². The van der Waals surface area contributed by atoms with Crippen LogP contribution in [0.1, 0.15) is 47.2 Å². The van der Waals surface area contributed by atoms with Crippen molar-refractivity contribution >= 4 is 18.1 Å². The first-order valence-electron chi connectivity index (χ1n) is 8.15. The van der Waals surface area contributed by atoms with Crippen LogP contribution >= 0.6 is 0 Å². The molecule has 0 radical (unpaired) electrons. The highest BCUT2D eigenvalue weighted by atomic mass is 19.2. The predicted octanol–water partition coefficient (Wildman–Crippen LogP) is 5.23. The Labute approximate surface area is 149 Å². The van der Waals surface area contributed by atoms with E-state index in [0.29, 0.717) is 5.56 Å². The largest absolute Gasteiger partial charge is 0.362 e. The van der Waals surface area contributed by atoms with Crippen molar-refractivity contribution in [1.29, 1.82) is 0 Å². The van der Waals surface area contributed by atoms with Crippen molar-refractivity contribution in [2.45, 2.75) is 32.6 Å². The molecule has 1 aliphatic rings. The molecular weight excluding hydrogens is 343 g/mol. The lowest BCUT2D eigenvalue weighted by Crippen LogP contribution is -2.42. The molecule has 1 aliphatic heterocycles. The van der Waals surface area contributed by atoms with Crippen LogP contribution in [0, 0.1) is 6.92 Å². The van der Waals surface area contributed by atoms with Crippen molar-refractivity contribution in [2.75, 3.05) is 0 Å². The third-order valence-electron chi connectivity index (χ3n) is 4.15. The SMILES string of the molecule is CC(=O)ON1C(F)c2cccc(C=Cc3cccc(C)c3)c2C(F)C1F. The van der Waals surface area contributed by atoms with Gasteiger partial charge in [-0.05, 0) is 18.1 Å². The fourth-order valence-electron chi connectivity index (χ4n) is 3.01. The number of hydroxylamine groups is 2. The Morgan fingerprint density at radius 3 is 2.54 bits per heavy atom. The fraction of sp³-hybridized carbons (Fsp3) is 0.250. The van der Waals surface area contributed by atoms with Crippen LogP contribution in [0.15, 0.2) is 42.5 Å². The van der Waals surface area contributed by atoms with Crippen molar-refractivity contribution < 1.29 is 22.8 Å². The Hall–Kier alpha value is -2.60. The zero-order valence-electron chi connectivity index (χ0n) is 14.3. The maximum atomic E-state index is 14.7. The molecule has 0 fully saturated rings. The van der Waals surface area contributed by atoms with E-state index in [1.165, 1.54) is 6.07 Å². The van der Waals surface area contributed by atoms with Gasteiger partial charge in [0.2, 0.25) is 12.6 Å². The molecule has 0 amide bonds. The summed E-state index contributed by atoms with van der Waals surface area (Å²) in [5, 5.41) is 0.128. The second-order valence-corrected chi connectivity index (χ2v) is 6.15. The Morgan fingerprint density at radius 1 is 1.12 bits per heavy atom. The molecule has 26 heavy (non-hydrogen) atoms. The molecular formula is C20H18F3NO2. The number of benzene rings is 2. The normalized spacial score (nSPS) is 23.0. The molecule has 0 saturated carbocycles. The summed E-state index contributed by atoms with van der Waals surface area (Å²) in [6, 6.07) is 12.2. The predicted molar refractivity (Wildman–Crippen MR) is 92.7 cm³/mol. The average molecular weight is 361 g/mol. The zero-order valence-corrected chi connectivity index (χ0v) is 14.3. The second-order valence-electron chi connectivity index (χ2n) is 6.15. The van der Waals surface area contributed by atoms with Gasteiger partial charge >= 0.3 is 5.97 Å². The summed E-state index contributed by atoms with van der Waals surface area (Å²) in [7, 11) is 0. The zero-order chi connectivity index (χ0) is 18.8. The Morgan fingerprint density at radius 2 is 1.85 bits per heavy atom. The summed E-state index contributed by atoms with van der Waals surface area (Å²) < 4.78 is 43.7. The van der Waals surface area contributed by atoms with Crippen LogP contribution in [0.4, 0.5) is 13.2 Å². The van der Waals surface area contributed by atoms with Crippen LogP contribution in [-0.4, -0.2) is 17.3 Å². The average Bonchev–Trinajstić information content (AvgIpc) is 2.61. The molecule has 3 atom stereocenters. The van der Waals surface area contributed by atoms with Crippen LogP contribution in [0.3, 0.4) is 0 Å². The molecule has 0 saturated heterocycles. The number of carbonyl (C=O) groups excluding carboxylic acids is 1. The minimum absolute atomic E-state index is 0.0564. The van der Waals surface area contributed by atoms with Crippen molar-refractivity contribution in [1.82, 2.24) is 5.06 Å². The smallest absolute Gasteiger partial charge is 0.322 e. The van der Waals surface area contributed by atoms with Crippen molar-refractivity contribution in [3.8, 4) is 0 Å². The van der Waals surface area contributed by atoms with Gasteiger partial charge in [-0.2, -0.15) is 0 Å². The van der Waals surface area contributed by atoms with Crippen molar-refractivity contribution in [3.05, 3.63) is 70.3 Å². The van der Waals surface area contributed by atoms with Gasteiger partial charge in [0.05, 0.1) is 0 Å². The number of hydrogen-bond acceptors (Lipinski definition) is 3. The summed E-state index contributed by atoms with van der Waals surface area (Å²) in [5.74, 6) is -0.915. The van der Waals surface area contributed by atoms with Crippen LogP contribution in [0.5, 0.6) is 0 Å². The lowest BCUT2D eigenvalue weighted by molar-refractivity contribution is -0.272. The third kappa shape index (κ3) is 3.51. The number of alkyl halides is 3. The number of halogens is 3. The van der Waals surface area contributed by atoms with Gasteiger partial charge < -0.3 is 4.84 Å². The molecule has 3 rings (SSSR count). The fourth-order valence-corrected chi connectivity index (χ4v) is 3.01. The Bertz CT molecular complexity index is 853. The van der Waals surface area contributed by atoms with E-state index >= 15 is 0 Å². The molecule has 0 bridgehead atoms. The standard InChI is InChI=1S/C20H18F3NO2/c1-12-5-3-6-14(11-12)9-10-15-7-4-8-16-17(15)18(21)20(23)24(19(16)22)26-13(2)25/h3-11,18-20H,1-2H3. The molecule has 6 heteroatoms. The van der Waals surface area contributed by atoms with Gasteiger partial charge in [-0.25, -0.2) is 13.2 Å². The number of fused-ring (bicyclic) bond motifs is 1. The van der Waals surface area contributed by atoms with Crippen molar-refractivity contribution in [2.24, 2.45) is 0 Å². The van der Waals surface area contributed by atoms with Gasteiger partial charge in [-0.1, -0.05) is 65.2 Å². The number of nitrogens with zero attached hydrogens (tertiary/aromatic N) is 1. The quantitative estimate of drug-likeness (QED) is 0.554. The minimum Gasteiger partial charge on any atom is -0.362 e. The highest BCUT2D eigenvalue weighted by Crippen LogP contribution is 2.44. The van der Waals surface area contributed by atoms with E-state index in [1.807, 2.05) is 31.2 Å². The monoisotopic (exact) mass is 361 g/mol. The molecule has 0 aliphatic carbocycles. The van der Waals surface area contributed by atoms with E-state index < -0.39 is 24.7 Å². The van der Waals surface area contributed by atoms with Gasteiger partial charge in [0.15, 0.2) is 6.17 Å².